The van der Waals surface area contributed by atoms with Gasteiger partial charge in [0, 0.05) is 28.3 Å². The van der Waals surface area contributed by atoms with Crippen LogP contribution in [0.3, 0.4) is 0 Å². The zero-order valence-electron chi connectivity index (χ0n) is 6.92. The first-order valence-corrected chi connectivity index (χ1v) is 5.80. The lowest BCUT2D eigenvalue weighted by atomic mass is 10.0. The maximum Gasteiger partial charge on any atom is 0.0360 e. The van der Waals surface area contributed by atoms with Crippen LogP contribution in [0.2, 0.25) is 0 Å². The van der Waals surface area contributed by atoms with E-state index in [9.17, 15) is 4.21 Å². The van der Waals surface area contributed by atoms with E-state index in [-0.39, 0.29) is 0 Å². The minimum Gasteiger partial charge on any atom is -0.330 e. The molecule has 66 valence electrons. The summed E-state index contributed by atoms with van der Waals surface area (Å²) in [6.07, 6.45) is 6.18. The fourth-order valence-electron chi connectivity index (χ4n) is 1.61. The van der Waals surface area contributed by atoms with Gasteiger partial charge in [-0.1, -0.05) is 19.3 Å². The van der Waals surface area contributed by atoms with Crippen molar-refractivity contribution in [2.45, 2.75) is 37.4 Å². The third-order valence-electron chi connectivity index (χ3n) is 2.24. The van der Waals surface area contributed by atoms with E-state index in [2.05, 4.69) is 0 Å². The molecule has 1 unspecified atom stereocenters. The summed E-state index contributed by atoms with van der Waals surface area (Å²) in [5, 5.41) is 0.465. The predicted molar refractivity (Wildman–Crippen MR) is 48.9 cm³/mol. The molecule has 0 aromatic carbocycles. The van der Waals surface area contributed by atoms with Gasteiger partial charge in [-0.2, -0.15) is 0 Å². The fraction of sp³-hybridized carbons (Fsp3) is 1.00. The second-order valence-electron chi connectivity index (χ2n) is 3.13. The van der Waals surface area contributed by atoms with Crippen LogP contribution < -0.4 is 5.73 Å². The molecule has 0 aromatic heterocycles. The Morgan fingerprint density at radius 2 is 1.91 bits per heavy atom. The second-order valence-corrected chi connectivity index (χ2v) is 4.97. The van der Waals surface area contributed by atoms with Crippen molar-refractivity contribution in [2.24, 2.45) is 5.73 Å². The average Bonchev–Trinajstić information content (AvgIpc) is 2.07. The van der Waals surface area contributed by atoms with Crippen LogP contribution in [0.25, 0.3) is 0 Å². The molecule has 0 aliphatic heterocycles. The summed E-state index contributed by atoms with van der Waals surface area (Å²) < 4.78 is 11.4. The average molecular weight is 175 g/mol. The summed E-state index contributed by atoms with van der Waals surface area (Å²) in [5.41, 5.74) is 5.34. The molecule has 1 saturated carbocycles. The highest BCUT2D eigenvalue weighted by Gasteiger charge is 2.18. The summed E-state index contributed by atoms with van der Waals surface area (Å²) in [7, 11) is -0.631. The van der Waals surface area contributed by atoms with Gasteiger partial charge in [-0.15, -0.1) is 0 Å². The smallest absolute Gasteiger partial charge is 0.0360 e. The Morgan fingerprint density at radius 3 is 2.45 bits per heavy atom. The first-order valence-electron chi connectivity index (χ1n) is 4.42. The van der Waals surface area contributed by atoms with Crippen molar-refractivity contribution in [1.82, 2.24) is 0 Å². The van der Waals surface area contributed by atoms with Crippen LogP contribution in [-0.2, 0) is 10.8 Å². The normalized spacial score (nSPS) is 23.4. The third kappa shape index (κ3) is 2.91. The quantitative estimate of drug-likeness (QED) is 0.696. The lowest BCUT2D eigenvalue weighted by Gasteiger charge is -2.20. The molecular formula is C8H17NOS. The van der Waals surface area contributed by atoms with Gasteiger partial charge in [-0.3, -0.25) is 4.21 Å². The predicted octanol–water partition coefficient (Wildman–Crippen LogP) is 1.03. The number of hydrogen-bond acceptors (Lipinski definition) is 2. The van der Waals surface area contributed by atoms with Crippen LogP contribution in [0.5, 0.6) is 0 Å². The fourth-order valence-corrected chi connectivity index (χ4v) is 3.04. The molecule has 2 nitrogen and oxygen atoms in total. The van der Waals surface area contributed by atoms with Crippen molar-refractivity contribution >= 4 is 10.8 Å². The highest BCUT2D eigenvalue weighted by molar-refractivity contribution is 7.85. The molecule has 0 aromatic rings. The number of hydrogen-bond donors (Lipinski definition) is 1. The zero-order valence-corrected chi connectivity index (χ0v) is 7.74. The van der Waals surface area contributed by atoms with E-state index in [1.54, 1.807) is 0 Å². The van der Waals surface area contributed by atoms with E-state index in [1.807, 2.05) is 0 Å². The maximum atomic E-state index is 11.4. The first kappa shape index (κ1) is 9.20. The van der Waals surface area contributed by atoms with Crippen molar-refractivity contribution < 1.29 is 4.21 Å². The van der Waals surface area contributed by atoms with Crippen LogP contribution >= 0.6 is 0 Å². The van der Waals surface area contributed by atoms with Crippen LogP contribution in [0, 0.1) is 0 Å². The lowest BCUT2D eigenvalue weighted by molar-refractivity contribution is 0.504. The summed E-state index contributed by atoms with van der Waals surface area (Å²) in [6, 6.07) is 0. The zero-order chi connectivity index (χ0) is 8.10. The summed E-state index contributed by atoms with van der Waals surface area (Å²) >= 11 is 0. The van der Waals surface area contributed by atoms with Gasteiger partial charge in [-0.25, -0.2) is 0 Å². The standard InChI is InChI=1S/C8H17NOS/c9-6-7-11(10)8-4-2-1-3-5-8/h8H,1-7,9H2. The van der Waals surface area contributed by atoms with Crippen molar-refractivity contribution in [1.29, 1.82) is 0 Å². The van der Waals surface area contributed by atoms with Crippen molar-refractivity contribution in [3.05, 3.63) is 0 Å². The number of nitrogens with two attached hydrogens (primary N) is 1. The summed E-state index contributed by atoms with van der Waals surface area (Å²) in [4.78, 5) is 0. The minimum absolute atomic E-state index is 0.465. The first-order chi connectivity index (χ1) is 5.34. The van der Waals surface area contributed by atoms with Crippen LogP contribution in [0.4, 0.5) is 0 Å². The molecule has 1 atom stereocenters. The van der Waals surface area contributed by atoms with E-state index in [1.165, 1.54) is 19.3 Å². The molecule has 1 aliphatic carbocycles. The molecule has 2 N–H and O–H groups in total. The molecule has 1 aliphatic rings. The summed E-state index contributed by atoms with van der Waals surface area (Å²) in [5.74, 6) is 0.699. The SMILES string of the molecule is NCCS(=O)C1CCCCC1. The summed E-state index contributed by atoms with van der Waals surface area (Å²) in [6.45, 7) is 0.573. The van der Waals surface area contributed by atoms with Gasteiger partial charge in [0.1, 0.15) is 0 Å². The van der Waals surface area contributed by atoms with Gasteiger partial charge >= 0.3 is 0 Å². The van der Waals surface area contributed by atoms with E-state index < -0.39 is 10.8 Å². The topological polar surface area (TPSA) is 43.1 Å². The van der Waals surface area contributed by atoms with Crippen molar-refractivity contribution in [2.75, 3.05) is 12.3 Å². The molecule has 1 rings (SSSR count). The van der Waals surface area contributed by atoms with E-state index in [0.29, 0.717) is 17.5 Å². The molecule has 0 bridgehead atoms. The molecule has 11 heavy (non-hydrogen) atoms. The van der Waals surface area contributed by atoms with Gasteiger partial charge < -0.3 is 5.73 Å². The number of rotatable bonds is 3. The molecular weight excluding hydrogens is 158 g/mol. The monoisotopic (exact) mass is 175 g/mol. The highest BCUT2D eigenvalue weighted by atomic mass is 32.2. The Morgan fingerprint density at radius 1 is 1.27 bits per heavy atom. The second kappa shape index (κ2) is 4.88. The molecule has 1 fully saturated rings. The van der Waals surface area contributed by atoms with Gasteiger partial charge in [0.05, 0.1) is 0 Å². The molecule has 3 heteroatoms. The Bertz CT molecular complexity index is 132. The van der Waals surface area contributed by atoms with Gasteiger partial charge in [-0.05, 0) is 12.8 Å². The van der Waals surface area contributed by atoms with E-state index in [4.69, 9.17) is 5.73 Å². The lowest BCUT2D eigenvalue weighted by Crippen LogP contribution is -2.23. The van der Waals surface area contributed by atoms with Crippen LogP contribution in [-0.4, -0.2) is 21.8 Å². The van der Waals surface area contributed by atoms with Gasteiger partial charge in [0.15, 0.2) is 0 Å². The Hall–Kier alpha value is 0.110. The van der Waals surface area contributed by atoms with Crippen molar-refractivity contribution in [3.8, 4) is 0 Å². The Balaban J connectivity index is 2.27. The minimum atomic E-state index is -0.631. The Labute approximate surface area is 71.0 Å². The molecule has 0 spiro atoms. The largest absolute Gasteiger partial charge is 0.330 e. The molecule has 0 saturated heterocycles. The third-order valence-corrected chi connectivity index (χ3v) is 4.10. The van der Waals surface area contributed by atoms with E-state index in [0.717, 1.165) is 12.8 Å². The Kier molecular flexibility index (Phi) is 4.08. The van der Waals surface area contributed by atoms with Gasteiger partial charge in [0.25, 0.3) is 0 Å². The molecule has 0 heterocycles. The molecule has 0 amide bonds. The maximum absolute atomic E-state index is 11.4. The van der Waals surface area contributed by atoms with Crippen molar-refractivity contribution in [3.63, 3.8) is 0 Å². The highest BCUT2D eigenvalue weighted by Crippen LogP contribution is 2.21. The van der Waals surface area contributed by atoms with E-state index >= 15 is 0 Å². The van der Waals surface area contributed by atoms with Crippen LogP contribution in [0.1, 0.15) is 32.1 Å². The van der Waals surface area contributed by atoms with Crippen LogP contribution in [0.15, 0.2) is 0 Å². The van der Waals surface area contributed by atoms with Gasteiger partial charge in [0.2, 0.25) is 0 Å². The molecule has 0 radical (unpaired) electrons.